The monoisotopic (exact) mass is 296 g/mol. The summed E-state index contributed by atoms with van der Waals surface area (Å²) in [5, 5.41) is 5.43. The molecule has 0 aliphatic carbocycles. The number of halogens is 1. The van der Waals surface area contributed by atoms with E-state index < -0.39 is 6.04 Å². The molecule has 0 aromatic heterocycles. The number of hydrogen-bond donors (Lipinski definition) is 2. The van der Waals surface area contributed by atoms with E-state index in [2.05, 4.69) is 26.6 Å². The highest BCUT2D eigenvalue weighted by molar-refractivity contribution is 9.10. The predicted octanol–water partition coefficient (Wildman–Crippen LogP) is 1.51. The van der Waals surface area contributed by atoms with Gasteiger partial charge in [0.05, 0.1) is 12.5 Å². The Morgan fingerprint density at radius 2 is 2.00 bits per heavy atom. The van der Waals surface area contributed by atoms with Crippen molar-refractivity contribution in [2.24, 2.45) is 0 Å². The molecule has 1 fully saturated rings. The number of carbonyl (C=O) groups excluding carboxylic acids is 2. The molecule has 2 N–H and O–H groups in total. The van der Waals surface area contributed by atoms with Crippen molar-refractivity contribution in [2.45, 2.75) is 25.4 Å². The first-order chi connectivity index (χ1) is 8.06. The first-order valence-electron chi connectivity index (χ1n) is 5.41. The topological polar surface area (TPSA) is 58.2 Å². The molecule has 17 heavy (non-hydrogen) atoms. The lowest BCUT2D eigenvalue weighted by Crippen LogP contribution is -2.37. The van der Waals surface area contributed by atoms with Crippen LogP contribution in [-0.2, 0) is 9.59 Å². The molecule has 0 radical (unpaired) electrons. The second-order valence-electron chi connectivity index (χ2n) is 4.11. The molecule has 2 amide bonds. The third-order valence-electron chi connectivity index (χ3n) is 2.79. The fraction of sp³-hybridized carbons (Fsp3) is 0.333. The van der Waals surface area contributed by atoms with Gasteiger partial charge in [-0.25, -0.2) is 0 Å². The van der Waals surface area contributed by atoms with Crippen molar-refractivity contribution in [3.05, 3.63) is 34.3 Å². The van der Waals surface area contributed by atoms with Gasteiger partial charge in [-0.05, 0) is 24.6 Å². The minimum Gasteiger partial charge on any atom is -0.299 e. The fourth-order valence-corrected chi connectivity index (χ4v) is 2.10. The number of benzene rings is 1. The van der Waals surface area contributed by atoms with Crippen LogP contribution >= 0.6 is 15.9 Å². The molecule has 2 unspecified atom stereocenters. The van der Waals surface area contributed by atoms with Crippen molar-refractivity contribution in [2.75, 3.05) is 0 Å². The fourth-order valence-electron chi connectivity index (χ4n) is 1.84. The van der Waals surface area contributed by atoms with E-state index in [0.29, 0.717) is 0 Å². The van der Waals surface area contributed by atoms with Crippen LogP contribution in [0.4, 0.5) is 0 Å². The van der Waals surface area contributed by atoms with Gasteiger partial charge >= 0.3 is 0 Å². The molecular formula is C12H13BrN2O2. The minimum absolute atomic E-state index is 0.0322. The Kier molecular flexibility index (Phi) is 3.59. The van der Waals surface area contributed by atoms with Gasteiger partial charge in [0.1, 0.15) is 0 Å². The lowest BCUT2D eigenvalue weighted by atomic mass is 10.1. The van der Waals surface area contributed by atoms with Gasteiger partial charge in [-0.15, -0.1) is 0 Å². The van der Waals surface area contributed by atoms with E-state index in [1.165, 1.54) is 0 Å². The van der Waals surface area contributed by atoms with Crippen LogP contribution < -0.4 is 10.6 Å². The average molecular weight is 297 g/mol. The third-order valence-corrected chi connectivity index (χ3v) is 3.32. The van der Waals surface area contributed by atoms with Crippen LogP contribution in [0.25, 0.3) is 0 Å². The Morgan fingerprint density at radius 1 is 1.35 bits per heavy atom. The van der Waals surface area contributed by atoms with Crippen molar-refractivity contribution in [1.29, 1.82) is 0 Å². The maximum absolute atomic E-state index is 11.4. The molecule has 1 aliphatic rings. The molecule has 5 heteroatoms. The normalized spacial score (nSPS) is 21.4. The Hall–Kier alpha value is -1.20. The maximum atomic E-state index is 11.4. The van der Waals surface area contributed by atoms with E-state index >= 15 is 0 Å². The average Bonchev–Trinajstić information content (AvgIpc) is 2.58. The van der Waals surface area contributed by atoms with Gasteiger partial charge < -0.3 is 0 Å². The molecule has 1 aromatic rings. The smallest absolute Gasteiger partial charge is 0.244 e. The summed E-state index contributed by atoms with van der Waals surface area (Å²) >= 11 is 3.37. The van der Waals surface area contributed by atoms with Crippen LogP contribution in [0.3, 0.4) is 0 Å². The van der Waals surface area contributed by atoms with Gasteiger partial charge in [-0.2, -0.15) is 0 Å². The van der Waals surface area contributed by atoms with Crippen LogP contribution in [0.5, 0.6) is 0 Å². The van der Waals surface area contributed by atoms with Gasteiger partial charge in [0.25, 0.3) is 0 Å². The summed E-state index contributed by atoms with van der Waals surface area (Å²) in [7, 11) is 0. The lowest BCUT2D eigenvalue weighted by molar-refractivity contribution is -0.125. The molecule has 1 aliphatic heterocycles. The Morgan fingerprint density at radius 3 is 2.53 bits per heavy atom. The van der Waals surface area contributed by atoms with Gasteiger partial charge in [0.2, 0.25) is 11.8 Å². The molecule has 2 rings (SSSR count). The summed E-state index contributed by atoms with van der Waals surface area (Å²) in [6, 6.07) is 7.49. The third kappa shape index (κ3) is 2.92. The second kappa shape index (κ2) is 4.98. The van der Waals surface area contributed by atoms with Gasteiger partial charge in [-0.1, -0.05) is 28.1 Å². The molecule has 0 spiro atoms. The zero-order chi connectivity index (χ0) is 12.4. The van der Waals surface area contributed by atoms with Crippen LogP contribution in [0, 0.1) is 0 Å². The molecule has 4 nitrogen and oxygen atoms in total. The SMILES string of the molecule is CC(NC1CC(=O)NC1=O)c1ccc(Br)cc1. The Bertz CT molecular complexity index is 444. The van der Waals surface area contributed by atoms with E-state index in [-0.39, 0.29) is 24.3 Å². The maximum Gasteiger partial charge on any atom is 0.244 e. The summed E-state index contributed by atoms with van der Waals surface area (Å²) in [5.41, 5.74) is 1.08. The number of nitrogens with one attached hydrogen (secondary N) is 2. The number of carbonyl (C=O) groups is 2. The van der Waals surface area contributed by atoms with Crippen molar-refractivity contribution >= 4 is 27.7 Å². The highest BCUT2D eigenvalue weighted by Gasteiger charge is 2.31. The highest BCUT2D eigenvalue weighted by Crippen LogP contribution is 2.18. The van der Waals surface area contributed by atoms with E-state index in [1.807, 2.05) is 31.2 Å². The summed E-state index contributed by atoms with van der Waals surface area (Å²) in [5.74, 6) is -0.450. The lowest BCUT2D eigenvalue weighted by Gasteiger charge is -2.17. The van der Waals surface area contributed by atoms with Crippen LogP contribution in [0.15, 0.2) is 28.7 Å². The van der Waals surface area contributed by atoms with Crippen LogP contribution in [-0.4, -0.2) is 17.9 Å². The van der Waals surface area contributed by atoms with E-state index in [1.54, 1.807) is 0 Å². The first-order valence-corrected chi connectivity index (χ1v) is 6.21. The number of hydrogen-bond acceptors (Lipinski definition) is 3. The Labute approximate surface area is 108 Å². The minimum atomic E-state index is -0.416. The first kappa shape index (κ1) is 12.3. The highest BCUT2D eigenvalue weighted by atomic mass is 79.9. The zero-order valence-corrected chi connectivity index (χ0v) is 11.0. The standard InChI is InChI=1S/C12H13BrN2O2/c1-7(8-2-4-9(13)5-3-8)14-10-6-11(16)15-12(10)17/h2-5,7,10,14H,6H2,1H3,(H,15,16,17). The number of amides is 2. The number of imide groups is 1. The van der Waals surface area contributed by atoms with E-state index in [9.17, 15) is 9.59 Å². The summed E-state index contributed by atoms with van der Waals surface area (Å²) in [4.78, 5) is 22.5. The van der Waals surface area contributed by atoms with Crippen LogP contribution in [0.2, 0.25) is 0 Å². The largest absolute Gasteiger partial charge is 0.299 e. The van der Waals surface area contributed by atoms with E-state index in [0.717, 1.165) is 10.0 Å². The molecule has 90 valence electrons. The summed E-state index contributed by atoms with van der Waals surface area (Å²) < 4.78 is 1.02. The van der Waals surface area contributed by atoms with Gasteiger partial charge in [0.15, 0.2) is 0 Å². The number of rotatable bonds is 3. The summed E-state index contributed by atoms with van der Waals surface area (Å²) in [6.07, 6.45) is 0.222. The molecule has 1 heterocycles. The van der Waals surface area contributed by atoms with Crippen molar-refractivity contribution < 1.29 is 9.59 Å². The van der Waals surface area contributed by atoms with Crippen LogP contribution in [0.1, 0.15) is 24.9 Å². The van der Waals surface area contributed by atoms with Crippen molar-refractivity contribution in [3.63, 3.8) is 0 Å². The molecular weight excluding hydrogens is 284 g/mol. The second-order valence-corrected chi connectivity index (χ2v) is 5.02. The molecule has 1 aromatic carbocycles. The van der Waals surface area contributed by atoms with Crippen molar-refractivity contribution in [3.8, 4) is 0 Å². The predicted molar refractivity (Wildman–Crippen MR) is 67.2 cm³/mol. The Balaban J connectivity index is 2.01. The molecule has 1 saturated heterocycles. The summed E-state index contributed by atoms with van der Waals surface area (Å²) in [6.45, 7) is 1.97. The zero-order valence-electron chi connectivity index (χ0n) is 9.37. The molecule has 0 bridgehead atoms. The van der Waals surface area contributed by atoms with Crippen molar-refractivity contribution in [1.82, 2.24) is 10.6 Å². The van der Waals surface area contributed by atoms with Gasteiger partial charge in [0, 0.05) is 10.5 Å². The van der Waals surface area contributed by atoms with Gasteiger partial charge in [-0.3, -0.25) is 20.2 Å². The quantitative estimate of drug-likeness (QED) is 0.832. The van der Waals surface area contributed by atoms with E-state index in [4.69, 9.17) is 0 Å². The molecule has 0 saturated carbocycles. The molecule has 2 atom stereocenters.